The molecule has 0 radical (unpaired) electrons. The molecule has 6 nitrogen and oxygen atoms in total. The van der Waals surface area contributed by atoms with Crippen LogP contribution < -0.4 is 4.90 Å². The fourth-order valence-corrected chi connectivity index (χ4v) is 4.05. The number of pyridine rings is 1. The second-order valence-electron chi connectivity index (χ2n) is 5.34. The summed E-state index contributed by atoms with van der Waals surface area (Å²) in [6.07, 6.45) is 3.65. The number of hydrogen-bond acceptors (Lipinski definition) is 6. The van der Waals surface area contributed by atoms with Gasteiger partial charge in [0, 0.05) is 19.3 Å². The van der Waals surface area contributed by atoms with Gasteiger partial charge in [-0.1, -0.05) is 17.4 Å². The van der Waals surface area contributed by atoms with Crippen LogP contribution in [0.1, 0.15) is 23.3 Å². The van der Waals surface area contributed by atoms with Crippen LogP contribution in [0.3, 0.4) is 0 Å². The highest BCUT2D eigenvalue weighted by molar-refractivity contribution is 7.13. The Morgan fingerprint density at radius 2 is 2.14 bits per heavy atom. The molecule has 0 spiro atoms. The normalized spacial score (nSPS) is 24.4. The lowest BCUT2D eigenvalue weighted by molar-refractivity contribution is 0.0731. The van der Waals surface area contributed by atoms with E-state index in [4.69, 9.17) is 0 Å². The SMILES string of the molecule is O=C(c1ccccn1)N1CC[C@H]2[C@H]1CCN2c1nncs1. The maximum Gasteiger partial charge on any atom is 0.272 e. The molecule has 0 N–H and O–H groups in total. The Hall–Kier alpha value is -2.02. The fourth-order valence-electron chi connectivity index (χ4n) is 3.40. The lowest BCUT2D eigenvalue weighted by Gasteiger charge is -2.24. The van der Waals surface area contributed by atoms with Gasteiger partial charge in [-0.15, -0.1) is 10.2 Å². The van der Waals surface area contributed by atoms with Crippen LogP contribution in [0, 0.1) is 0 Å². The van der Waals surface area contributed by atoms with Crippen LogP contribution in [0.5, 0.6) is 0 Å². The topological polar surface area (TPSA) is 62.2 Å². The number of likely N-dealkylation sites (tertiary alicyclic amines) is 1. The summed E-state index contributed by atoms with van der Waals surface area (Å²) >= 11 is 1.56. The lowest BCUT2D eigenvalue weighted by atomic mass is 10.1. The van der Waals surface area contributed by atoms with Crippen LogP contribution in [0.25, 0.3) is 0 Å². The van der Waals surface area contributed by atoms with Crippen molar-refractivity contribution in [1.82, 2.24) is 20.1 Å². The molecule has 4 rings (SSSR count). The summed E-state index contributed by atoms with van der Waals surface area (Å²) in [6, 6.07) is 6.11. The van der Waals surface area contributed by atoms with Crippen molar-refractivity contribution in [3.05, 3.63) is 35.6 Å². The smallest absolute Gasteiger partial charge is 0.272 e. The van der Waals surface area contributed by atoms with E-state index in [0.29, 0.717) is 11.7 Å². The summed E-state index contributed by atoms with van der Waals surface area (Å²) < 4.78 is 0. The average molecular weight is 301 g/mol. The summed E-state index contributed by atoms with van der Waals surface area (Å²) in [5.41, 5.74) is 2.29. The molecule has 0 bridgehead atoms. The highest BCUT2D eigenvalue weighted by atomic mass is 32.1. The largest absolute Gasteiger partial charge is 0.341 e. The quantitative estimate of drug-likeness (QED) is 0.839. The van der Waals surface area contributed by atoms with Crippen molar-refractivity contribution < 1.29 is 4.79 Å². The van der Waals surface area contributed by atoms with Gasteiger partial charge < -0.3 is 9.80 Å². The lowest BCUT2D eigenvalue weighted by Crippen LogP contribution is -2.40. The minimum absolute atomic E-state index is 0.0437. The Balaban J connectivity index is 1.55. The molecule has 1 amide bonds. The molecular weight excluding hydrogens is 286 g/mol. The first-order valence-corrected chi connectivity index (χ1v) is 7.97. The number of anilines is 1. The number of aromatic nitrogens is 3. The van der Waals surface area contributed by atoms with Crippen LogP contribution in [-0.4, -0.2) is 51.2 Å². The fraction of sp³-hybridized carbons (Fsp3) is 0.429. The molecule has 4 heterocycles. The minimum atomic E-state index is 0.0437. The van der Waals surface area contributed by atoms with Gasteiger partial charge in [0.05, 0.1) is 12.1 Å². The van der Waals surface area contributed by atoms with E-state index in [0.717, 1.165) is 31.1 Å². The second kappa shape index (κ2) is 5.07. The van der Waals surface area contributed by atoms with Gasteiger partial charge in [0.2, 0.25) is 5.13 Å². The Labute approximate surface area is 126 Å². The first kappa shape index (κ1) is 12.7. The molecule has 108 valence electrons. The third kappa shape index (κ3) is 2.08. The van der Waals surface area contributed by atoms with Gasteiger partial charge >= 0.3 is 0 Å². The molecule has 2 atom stereocenters. The average Bonchev–Trinajstić information content (AvgIpc) is 3.24. The van der Waals surface area contributed by atoms with E-state index in [-0.39, 0.29) is 11.9 Å². The zero-order chi connectivity index (χ0) is 14.2. The van der Waals surface area contributed by atoms with Crippen molar-refractivity contribution in [1.29, 1.82) is 0 Å². The number of nitrogens with zero attached hydrogens (tertiary/aromatic N) is 5. The van der Waals surface area contributed by atoms with E-state index in [2.05, 4.69) is 20.1 Å². The van der Waals surface area contributed by atoms with Crippen molar-refractivity contribution in [2.24, 2.45) is 0 Å². The van der Waals surface area contributed by atoms with Crippen molar-refractivity contribution in [2.75, 3.05) is 18.0 Å². The van der Waals surface area contributed by atoms with Crippen LogP contribution in [0.2, 0.25) is 0 Å². The molecule has 2 aliphatic rings. The Morgan fingerprint density at radius 1 is 1.24 bits per heavy atom. The molecule has 21 heavy (non-hydrogen) atoms. The van der Waals surface area contributed by atoms with Gasteiger partial charge in [-0.25, -0.2) is 0 Å². The molecule has 0 aromatic carbocycles. The highest BCUT2D eigenvalue weighted by Crippen LogP contribution is 2.36. The van der Waals surface area contributed by atoms with Crippen molar-refractivity contribution in [2.45, 2.75) is 24.9 Å². The van der Waals surface area contributed by atoms with E-state index in [1.54, 1.807) is 29.1 Å². The van der Waals surface area contributed by atoms with Crippen molar-refractivity contribution in [3.8, 4) is 0 Å². The van der Waals surface area contributed by atoms with E-state index in [1.807, 2.05) is 17.0 Å². The molecule has 0 unspecified atom stereocenters. The van der Waals surface area contributed by atoms with Gasteiger partial charge in [0.25, 0.3) is 5.91 Å². The first-order valence-electron chi connectivity index (χ1n) is 7.09. The number of carbonyl (C=O) groups excluding carboxylic acids is 1. The third-order valence-corrected chi connectivity index (χ3v) is 5.04. The Morgan fingerprint density at radius 3 is 2.90 bits per heavy atom. The maximum absolute atomic E-state index is 12.6. The van der Waals surface area contributed by atoms with E-state index < -0.39 is 0 Å². The van der Waals surface area contributed by atoms with Gasteiger partial charge in [-0.2, -0.15) is 0 Å². The Kier molecular flexibility index (Phi) is 3.07. The van der Waals surface area contributed by atoms with Crippen molar-refractivity contribution in [3.63, 3.8) is 0 Å². The molecule has 2 aliphatic heterocycles. The zero-order valence-electron chi connectivity index (χ0n) is 11.4. The number of hydrogen-bond donors (Lipinski definition) is 0. The zero-order valence-corrected chi connectivity index (χ0v) is 12.2. The van der Waals surface area contributed by atoms with Gasteiger partial charge in [-0.05, 0) is 25.0 Å². The van der Waals surface area contributed by atoms with E-state index in [9.17, 15) is 4.79 Å². The van der Waals surface area contributed by atoms with Gasteiger partial charge in [-0.3, -0.25) is 9.78 Å². The van der Waals surface area contributed by atoms with E-state index in [1.165, 1.54) is 0 Å². The van der Waals surface area contributed by atoms with Crippen molar-refractivity contribution >= 4 is 22.4 Å². The van der Waals surface area contributed by atoms with Crippen LogP contribution >= 0.6 is 11.3 Å². The molecule has 0 saturated carbocycles. The van der Waals surface area contributed by atoms with E-state index >= 15 is 0 Å². The first-order chi connectivity index (χ1) is 10.3. The van der Waals surface area contributed by atoms with Gasteiger partial charge in [0.15, 0.2) is 0 Å². The summed E-state index contributed by atoms with van der Waals surface area (Å²) in [5.74, 6) is 0.0437. The summed E-state index contributed by atoms with van der Waals surface area (Å²) in [7, 11) is 0. The summed E-state index contributed by atoms with van der Waals surface area (Å²) in [4.78, 5) is 21.1. The number of carbonyl (C=O) groups is 1. The van der Waals surface area contributed by atoms with Crippen LogP contribution in [0.15, 0.2) is 29.9 Å². The molecule has 2 aromatic heterocycles. The number of rotatable bonds is 2. The number of amides is 1. The Bertz CT molecular complexity index is 632. The predicted molar refractivity (Wildman–Crippen MR) is 79.3 cm³/mol. The molecular formula is C14H15N5OS. The summed E-state index contributed by atoms with van der Waals surface area (Å²) in [6.45, 7) is 1.73. The molecule has 0 aliphatic carbocycles. The minimum Gasteiger partial charge on any atom is -0.341 e. The van der Waals surface area contributed by atoms with Crippen LogP contribution in [0.4, 0.5) is 5.13 Å². The van der Waals surface area contributed by atoms with Gasteiger partial charge in [0.1, 0.15) is 11.2 Å². The highest BCUT2D eigenvalue weighted by Gasteiger charge is 2.45. The summed E-state index contributed by atoms with van der Waals surface area (Å²) in [5, 5.41) is 9.05. The predicted octanol–water partition coefficient (Wildman–Crippen LogP) is 1.43. The number of fused-ring (bicyclic) bond motifs is 1. The second-order valence-corrected chi connectivity index (χ2v) is 6.15. The maximum atomic E-state index is 12.6. The molecule has 7 heteroatoms. The monoisotopic (exact) mass is 301 g/mol. The standard InChI is InChI=1S/C14H15N5OS/c20-13(10-3-1-2-6-15-10)18-7-4-12-11(18)5-8-19(12)14-17-16-9-21-14/h1-3,6,9,11-12H,4-5,7-8H2/t11-,12+/m1/s1. The van der Waals surface area contributed by atoms with Crippen LogP contribution in [-0.2, 0) is 0 Å². The third-order valence-electron chi connectivity index (χ3n) is 4.32. The molecule has 2 saturated heterocycles. The molecule has 2 aromatic rings. The molecule has 2 fully saturated rings.